The van der Waals surface area contributed by atoms with Gasteiger partial charge in [-0.2, -0.15) is 5.26 Å². The van der Waals surface area contributed by atoms with Gasteiger partial charge in [-0.1, -0.05) is 38.1 Å². The minimum Gasteiger partial charge on any atom is -0.463 e. The fraction of sp³-hybridized carbons (Fsp3) is 0.364. The zero-order valence-corrected chi connectivity index (χ0v) is 17.0. The lowest BCUT2D eigenvalue weighted by Gasteiger charge is -2.38. The van der Waals surface area contributed by atoms with Crippen LogP contribution in [-0.4, -0.2) is 23.4 Å². The molecule has 3 heterocycles. The van der Waals surface area contributed by atoms with Crippen molar-refractivity contribution in [3.05, 3.63) is 70.2 Å². The molecule has 2 aliphatic heterocycles. The Labute approximate surface area is 169 Å². The van der Waals surface area contributed by atoms with Gasteiger partial charge in [-0.3, -0.25) is 9.69 Å². The van der Waals surface area contributed by atoms with Gasteiger partial charge in [0.05, 0.1) is 17.9 Å². The lowest BCUT2D eigenvalue weighted by Crippen LogP contribution is -3.12. The number of allylic oxidation sites excluding steroid dienone is 1. The molecule has 2 atom stereocenters. The average molecular weight is 395 g/mol. The van der Waals surface area contributed by atoms with E-state index in [0.717, 1.165) is 34.3 Å². The molecule has 0 radical (unpaired) electrons. The summed E-state index contributed by atoms with van der Waals surface area (Å²) in [5.41, 5.74) is 3.04. The van der Waals surface area contributed by atoms with Crippen molar-refractivity contribution in [1.29, 1.82) is 5.26 Å². The molecule has 0 spiro atoms. The maximum atomic E-state index is 12.9. The number of hydrogen-bond acceptors (Lipinski definition) is 4. The monoisotopic (exact) mass is 394 g/mol. The van der Waals surface area contributed by atoms with Crippen LogP contribution >= 0.6 is 11.8 Å². The van der Waals surface area contributed by atoms with Crippen LogP contribution in [-0.2, 0) is 11.3 Å². The van der Waals surface area contributed by atoms with Crippen molar-refractivity contribution in [2.45, 2.75) is 38.6 Å². The van der Waals surface area contributed by atoms with E-state index in [4.69, 9.17) is 4.42 Å². The van der Waals surface area contributed by atoms with Crippen LogP contribution in [0.1, 0.15) is 49.0 Å². The predicted octanol–water partition coefficient (Wildman–Crippen LogP) is 3.20. The van der Waals surface area contributed by atoms with Crippen molar-refractivity contribution in [2.24, 2.45) is 0 Å². The largest absolute Gasteiger partial charge is 0.463 e. The molecule has 28 heavy (non-hydrogen) atoms. The molecule has 0 bridgehead atoms. The Kier molecular flexibility index (Phi) is 5.29. The highest BCUT2D eigenvalue weighted by molar-refractivity contribution is 8.02. The first-order valence-electron chi connectivity index (χ1n) is 9.60. The summed E-state index contributed by atoms with van der Waals surface area (Å²) in [6, 6.07) is 14.6. The van der Waals surface area contributed by atoms with Crippen LogP contribution in [0.5, 0.6) is 0 Å². The van der Waals surface area contributed by atoms with Gasteiger partial charge in [-0.25, -0.2) is 0 Å². The average Bonchev–Trinajstić information content (AvgIpc) is 3.21. The molecule has 1 N–H and O–H groups in total. The van der Waals surface area contributed by atoms with Crippen molar-refractivity contribution in [3.8, 4) is 6.07 Å². The Hall–Kier alpha value is -2.49. The van der Waals surface area contributed by atoms with Gasteiger partial charge in [0.15, 0.2) is 12.4 Å². The standard InChI is InChI=1S/C22H23N3O2S/c1-15(2)16-5-7-17(8-6-16)19-10-21(26)25-13-24(12-18-4-3-9-27-18)14-28-22(25)20(19)11-23/h3-9,15,19H,10,12-14H2,1-2H3/p+1/t19-/m1/s1. The molecule has 1 amide bonds. The van der Waals surface area contributed by atoms with Crippen molar-refractivity contribution in [2.75, 3.05) is 12.5 Å². The first kappa shape index (κ1) is 18.9. The van der Waals surface area contributed by atoms with Gasteiger partial charge >= 0.3 is 0 Å². The summed E-state index contributed by atoms with van der Waals surface area (Å²) < 4.78 is 5.44. The Bertz CT molecular complexity index is 926. The molecule has 4 rings (SSSR count). The van der Waals surface area contributed by atoms with E-state index in [1.54, 1.807) is 22.9 Å². The number of benzene rings is 1. The Morgan fingerprint density at radius 2 is 2.11 bits per heavy atom. The number of thioether (sulfide) groups is 1. The summed E-state index contributed by atoms with van der Waals surface area (Å²) in [5.74, 6) is 2.13. The highest BCUT2D eigenvalue weighted by Gasteiger charge is 2.40. The van der Waals surface area contributed by atoms with Crippen LogP contribution in [0.4, 0.5) is 0 Å². The molecular formula is C22H24N3O2S+. The molecule has 0 saturated carbocycles. The molecule has 1 fully saturated rings. The zero-order chi connectivity index (χ0) is 19.7. The highest BCUT2D eigenvalue weighted by atomic mass is 32.2. The number of amides is 1. The first-order valence-corrected chi connectivity index (χ1v) is 10.6. The normalized spacial score (nSPS) is 22.4. The minimum atomic E-state index is -0.149. The number of nitrogens with zero attached hydrogens (tertiary/aromatic N) is 2. The summed E-state index contributed by atoms with van der Waals surface area (Å²) in [6.07, 6.45) is 2.02. The fourth-order valence-electron chi connectivity index (χ4n) is 3.84. The maximum absolute atomic E-state index is 12.9. The number of rotatable bonds is 4. The van der Waals surface area contributed by atoms with Crippen LogP contribution < -0.4 is 4.90 Å². The number of hydrogen-bond donors (Lipinski definition) is 1. The molecule has 2 aliphatic rings. The van der Waals surface area contributed by atoms with E-state index in [-0.39, 0.29) is 11.8 Å². The van der Waals surface area contributed by atoms with Gasteiger partial charge in [-0.15, -0.1) is 0 Å². The van der Waals surface area contributed by atoms with Crippen LogP contribution in [0.3, 0.4) is 0 Å². The number of nitriles is 1. The van der Waals surface area contributed by atoms with Crippen LogP contribution in [0.2, 0.25) is 0 Å². The summed E-state index contributed by atoms with van der Waals surface area (Å²) in [4.78, 5) is 16.0. The Morgan fingerprint density at radius 1 is 1.32 bits per heavy atom. The third kappa shape index (κ3) is 3.60. The van der Waals surface area contributed by atoms with Gasteiger partial charge in [0.1, 0.15) is 17.5 Å². The molecule has 5 nitrogen and oxygen atoms in total. The van der Waals surface area contributed by atoms with Crippen molar-refractivity contribution in [3.63, 3.8) is 0 Å². The first-order chi connectivity index (χ1) is 13.6. The highest BCUT2D eigenvalue weighted by Crippen LogP contribution is 2.40. The van der Waals surface area contributed by atoms with Crippen LogP contribution in [0, 0.1) is 11.3 Å². The lowest BCUT2D eigenvalue weighted by atomic mass is 9.85. The van der Waals surface area contributed by atoms with Crippen LogP contribution in [0.15, 0.2) is 57.7 Å². The van der Waals surface area contributed by atoms with E-state index in [2.05, 4.69) is 44.2 Å². The summed E-state index contributed by atoms with van der Waals surface area (Å²) >= 11 is 1.60. The molecule has 144 valence electrons. The molecule has 1 saturated heterocycles. The van der Waals surface area contributed by atoms with Crippen molar-refractivity contribution >= 4 is 17.7 Å². The maximum Gasteiger partial charge on any atom is 0.232 e. The SMILES string of the molecule is CC(C)c1ccc([C@H]2CC(=O)N3C[NH+](Cc4ccco4)CSC3=C2C#N)cc1. The Morgan fingerprint density at radius 3 is 2.75 bits per heavy atom. The third-order valence-corrected chi connectivity index (χ3v) is 6.70. The smallest absolute Gasteiger partial charge is 0.232 e. The van der Waals surface area contributed by atoms with Gasteiger partial charge in [0.2, 0.25) is 5.91 Å². The molecule has 6 heteroatoms. The van der Waals surface area contributed by atoms with Gasteiger partial charge < -0.3 is 9.32 Å². The zero-order valence-electron chi connectivity index (χ0n) is 16.1. The molecule has 1 aromatic carbocycles. The van der Waals surface area contributed by atoms with E-state index in [9.17, 15) is 10.1 Å². The second kappa shape index (κ2) is 7.86. The molecule has 1 unspecified atom stereocenters. The number of furan rings is 1. The van der Waals surface area contributed by atoms with E-state index in [1.807, 2.05) is 12.1 Å². The predicted molar refractivity (Wildman–Crippen MR) is 108 cm³/mol. The number of fused-ring (bicyclic) bond motifs is 1. The topological polar surface area (TPSA) is 61.7 Å². The second-order valence-corrected chi connectivity index (χ2v) is 8.65. The summed E-state index contributed by atoms with van der Waals surface area (Å²) in [6.45, 7) is 5.63. The number of carbonyl (C=O) groups is 1. The fourth-order valence-corrected chi connectivity index (χ4v) is 5.04. The second-order valence-electron chi connectivity index (χ2n) is 7.68. The lowest BCUT2D eigenvalue weighted by molar-refractivity contribution is -0.911. The number of quaternary nitrogens is 1. The minimum absolute atomic E-state index is 0.0936. The summed E-state index contributed by atoms with van der Waals surface area (Å²) in [7, 11) is 0. The van der Waals surface area contributed by atoms with Gasteiger partial charge in [0, 0.05) is 12.3 Å². The molecule has 2 aromatic rings. The number of nitrogens with one attached hydrogen (secondary N) is 1. The number of carbonyl (C=O) groups excluding carboxylic acids is 1. The van der Waals surface area contributed by atoms with Crippen molar-refractivity contribution < 1.29 is 14.1 Å². The van der Waals surface area contributed by atoms with E-state index in [0.29, 0.717) is 19.0 Å². The third-order valence-electron chi connectivity index (χ3n) is 5.43. The molecule has 0 aliphatic carbocycles. The van der Waals surface area contributed by atoms with E-state index < -0.39 is 0 Å². The van der Waals surface area contributed by atoms with Gasteiger partial charge in [-0.05, 0) is 40.9 Å². The summed E-state index contributed by atoms with van der Waals surface area (Å²) in [5, 5.41) is 10.7. The van der Waals surface area contributed by atoms with E-state index >= 15 is 0 Å². The molecule has 1 aromatic heterocycles. The molecular weight excluding hydrogens is 370 g/mol. The van der Waals surface area contributed by atoms with Crippen molar-refractivity contribution in [1.82, 2.24) is 4.90 Å². The quantitative estimate of drug-likeness (QED) is 0.865. The van der Waals surface area contributed by atoms with Crippen LogP contribution in [0.25, 0.3) is 0 Å². The van der Waals surface area contributed by atoms with Gasteiger partial charge in [0.25, 0.3) is 0 Å². The van der Waals surface area contributed by atoms with E-state index in [1.165, 1.54) is 10.5 Å². The Balaban J connectivity index is 1.58.